The number of H-pyrrole nitrogens is 1. The van der Waals surface area contributed by atoms with E-state index in [1.54, 1.807) is 18.9 Å². The van der Waals surface area contributed by atoms with Crippen LogP contribution in [0.1, 0.15) is 88.7 Å². The van der Waals surface area contributed by atoms with Gasteiger partial charge in [0.1, 0.15) is 24.1 Å². The number of aromatic hydroxyl groups is 1. The van der Waals surface area contributed by atoms with Gasteiger partial charge >= 0.3 is 11.9 Å². The van der Waals surface area contributed by atoms with E-state index >= 15 is 4.79 Å². The molecule has 7 atom stereocenters. The summed E-state index contributed by atoms with van der Waals surface area (Å²) in [5.74, 6) is 1.78. The number of rotatable bonds is 6. The summed E-state index contributed by atoms with van der Waals surface area (Å²) >= 11 is 1.55. The molecule has 1 spiro atoms. The summed E-state index contributed by atoms with van der Waals surface area (Å²) in [6.45, 7) is 8.20. The molecular formula is C45H49N5O9S. The molecule has 1 aromatic heterocycles. The van der Waals surface area contributed by atoms with Crippen LogP contribution in [0.2, 0.25) is 0 Å². The number of ether oxygens (including phenoxy) is 6. The zero-order chi connectivity index (χ0) is 41.8. The third-order valence-corrected chi connectivity index (χ3v) is 15.1. The van der Waals surface area contributed by atoms with Crippen LogP contribution in [0.15, 0.2) is 24.3 Å². The van der Waals surface area contributed by atoms with Crippen molar-refractivity contribution in [2.75, 3.05) is 46.5 Å². The number of nitriles is 1. The number of carbonyl (C=O) groups excluding carboxylic acids is 2. The van der Waals surface area contributed by atoms with Gasteiger partial charge in [-0.15, -0.1) is 11.8 Å². The molecule has 8 heterocycles. The molecule has 3 aromatic carbocycles. The monoisotopic (exact) mass is 835 g/mol. The first kappa shape index (κ1) is 39.0. The van der Waals surface area contributed by atoms with Crippen LogP contribution in [0.3, 0.4) is 0 Å². The van der Waals surface area contributed by atoms with Crippen molar-refractivity contribution in [2.24, 2.45) is 0 Å². The highest BCUT2D eigenvalue weighted by Crippen LogP contribution is 2.64. The molecule has 15 heteroatoms. The molecule has 0 saturated carbocycles. The smallest absolute Gasteiger partial charge is 0.333 e. The normalized spacial score (nSPS) is 27.6. The highest BCUT2D eigenvalue weighted by molar-refractivity contribution is 7.99. The lowest BCUT2D eigenvalue weighted by Gasteiger charge is -2.62. The molecule has 0 radical (unpaired) electrons. The lowest BCUT2D eigenvalue weighted by molar-refractivity contribution is -0.157. The number of nitrogens with one attached hydrogen (secondary N) is 2. The van der Waals surface area contributed by atoms with E-state index in [0.29, 0.717) is 60.1 Å². The minimum Gasteiger partial charge on any atom is -0.504 e. The van der Waals surface area contributed by atoms with Crippen LogP contribution in [-0.4, -0.2) is 96.4 Å². The molecule has 2 fully saturated rings. The van der Waals surface area contributed by atoms with E-state index < -0.39 is 46.9 Å². The maximum atomic E-state index is 15.1. The zero-order valence-electron chi connectivity index (χ0n) is 34.6. The SMILES string of the molecule is CCCCOc1cccc2c3c([nH]c12)[C@@]1(CS[C@@H]2c4c(OC(C)=O)c(C)c5c(c4[C@H](COC1=O)N1C2[C@@H]2c4c(cc(C)c(OC)c4O)C[C@H]([C@@H]1C#N)N2C)OCO5)NCC3. The number of likely N-dealkylation sites (N-methyl/N-ethyl adjacent to an activating group) is 1. The van der Waals surface area contributed by atoms with Gasteiger partial charge in [-0.05, 0) is 62.9 Å². The molecule has 14 nitrogen and oxygen atoms in total. The van der Waals surface area contributed by atoms with Crippen LogP contribution in [0.5, 0.6) is 34.5 Å². The maximum Gasteiger partial charge on any atom is 0.333 e. The van der Waals surface area contributed by atoms with Crippen LogP contribution in [-0.2, 0) is 32.7 Å². The fraction of sp³-hybridized carbons (Fsp3) is 0.489. The molecule has 60 heavy (non-hydrogen) atoms. The van der Waals surface area contributed by atoms with Crippen molar-refractivity contribution in [3.63, 3.8) is 0 Å². The van der Waals surface area contributed by atoms with Crippen molar-refractivity contribution >= 4 is 34.6 Å². The van der Waals surface area contributed by atoms with Gasteiger partial charge in [0.15, 0.2) is 28.5 Å². The Labute approximate surface area is 352 Å². The number of benzene rings is 3. The largest absolute Gasteiger partial charge is 0.504 e. The summed E-state index contributed by atoms with van der Waals surface area (Å²) in [6, 6.07) is 8.12. The number of nitrogens with zero attached hydrogens (tertiary/aromatic N) is 3. The van der Waals surface area contributed by atoms with E-state index in [1.807, 2.05) is 33.0 Å². The quantitative estimate of drug-likeness (QED) is 0.119. The maximum absolute atomic E-state index is 15.1. The summed E-state index contributed by atoms with van der Waals surface area (Å²) in [5, 5.41) is 27.5. The summed E-state index contributed by atoms with van der Waals surface area (Å²) in [7, 11) is 3.57. The van der Waals surface area contributed by atoms with E-state index in [4.69, 9.17) is 28.4 Å². The molecule has 1 unspecified atom stereocenters. The lowest BCUT2D eigenvalue weighted by atomic mass is 9.71. The zero-order valence-corrected chi connectivity index (χ0v) is 35.4. The number of thioether (sulfide) groups is 1. The number of aromatic nitrogens is 1. The third kappa shape index (κ3) is 5.43. The minimum atomic E-state index is -1.31. The molecule has 7 aliphatic heterocycles. The average molecular weight is 836 g/mol. The topological polar surface area (TPSA) is 168 Å². The Morgan fingerprint density at radius 2 is 1.97 bits per heavy atom. The Balaban J connectivity index is 1.22. The summed E-state index contributed by atoms with van der Waals surface area (Å²) in [4.78, 5) is 36.2. The van der Waals surface area contributed by atoms with E-state index in [0.717, 1.165) is 63.0 Å². The predicted molar refractivity (Wildman–Crippen MR) is 222 cm³/mol. The van der Waals surface area contributed by atoms with Crippen LogP contribution in [0.25, 0.3) is 10.9 Å². The molecular weight excluding hydrogens is 787 g/mol. The second-order valence-electron chi connectivity index (χ2n) is 16.8. The first-order valence-electron chi connectivity index (χ1n) is 20.8. The minimum absolute atomic E-state index is 0.0454. The van der Waals surface area contributed by atoms with Crippen molar-refractivity contribution in [2.45, 2.75) is 94.4 Å². The molecule has 4 aromatic rings. The number of phenols is 1. The number of hydrogen-bond donors (Lipinski definition) is 3. The van der Waals surface area contributed by atoms with Crippen molar-refractivity contribution in [1.29, 1.82) is 5.26 Å². The molecule has 3 N–H and O–H groups in total. The van der Waals surface area contributed by atoms with Gasteiger partial charge < -0.3 is 38.5 Å². The standard InChI is InChI=1S/C45H49N5O9S/c1-7-8-14-55-30-11-9-10-25-26-12-13-47-45(43(26)48-34(25)30)19-60-42-33-32(41-40(57-20-58-41)22(3)39(33)59-23(4)51)29(18-56-44(45)53)50-28(17-46)27-16-24-15-21(2)38(54-6)37(52)31(24)35(36(42)50)49(27)5/h9-11,15,27-29,35-36,42,47-48,52H,7-8,12-14,16,18-20H2,1-6H3/t27-,28+,29+,35+,36?,42-,45-/m1/s1. The molecule has 2 saturated heterocycles. The Morgan fingerprint density at radius 3 is 2.73 bits per heavy atom. The van der Waals surface area contributed by atoms with E-state index in [-0.39, 0.29) is 30.9 Å². The fourth-order valence-corrected chi connectivity index (χ4v) is 12.8. The van der Waals surface area contributed by atoms with E-state index in [9.17, 15) is 15.2 Å². The van der Waals surface area contributed by atoms with Gasteiger partial charge in [-0.25, -0.2) is 4.79 Å². The van der Waals surface area contributed by atoms with Crippen LogP contribution < -0.4 is 29.0 Å². The van der Waals surface area contributed by atoms with Gasteiger partial charge in [-0.2, -0.15) is 5.26 Å². The van der Waals surface area contributed by atoms with Crippen molar-refractivity contribution in [1.82, 2.24) is 20.1 Å². The van der Waals surface area contributed by atoms with Gasteiger partial charge in [-0.3, -0.25) is 19.9 Å². The molecule has 314 valence electrons. The van der Waals surface area contributed by atoms with Gasteiger partial charge in [0.05, 0.1) is 48.3 Å². The number of hydrogen-bond acceptors (Lipinski definition) is 14. The summed E-state index contributed by atoms with van der Waals surface area (Å²) < 4.78 is 37.2. The van der Waals surface area contributed by atoms with E-state index in [1.165, 1.54) is 6.92 Å². The Kier molecular flexibility index (Phi) is 9.43. The fourth-order valence-electron chi connectivity index (χ4n) is 11.1. The molecule has 11 rings (SSSR count). The molecule has 4 bridgehead atoms. The summed E-state index contributed by atoms with van der Waals surface area (Å²) in [5.41, 5.74) is 5.81. The van der Waals surface area contributed by atoms with E-state index in [2.05, 4.69) is 45.2 Å². The van der Waals surface area contributed by atoms with Gasteiger partial charge in [0.2, 0.25) is 6.79 Å². The number of fused-ring (bicyclic) bond motifs is 11. The highest BCUT2D eigenvalue weighted by atomic mass is 32.2. The highest BCUT2D eigenvalue weighted by Gasteiger charge is 2.62. The number of phenolic OH excluding ortho intramolecular Hbond substituents is 1. The van der Waals surface area contributed by atoms with Gasteiger partial charge in [-0.1, -0.05) is 31.5 Å². The second-order valence-corrected chi connectivity index (χ2v) is 17.9. The van der Waals surface area contributed by atoms with Crippen LogP contribution in [0, 0.1) is 25.2 Å². The number of unbranched alkanes of at least 4 members (excludes halogenated alkanes) is 1. The van der Waals surface area contributed by atoms with Crippen molar-refractivity contribution in [3.8, 4) is 40.6 Å². The predicted octanol–water partition coefficient (Wildman–Crippen LogP) is 5.93. The van der Waals surface area contributed by atoms with Crippen molar-refractivity contribution in [3.05, 3.63) is 68.9 Å². The molecule has 0 aliphatic carbocycles. The first-order chi connectivity index (χ1) is 29.0. The number of esters is 2. The molecule has 7 aliphatic rings. The van der Waals surface area contributed by atoms with Gasteiger partial charge in [0.25, 0.3) is 0 Å². The number of aryl methyl sites for hydroxylation is 1. The second kappa shape index (κ2) is 14.5. The third-order valence-electron chi connectivity index (χ3n) is 13.6. The van der Waals surface area contributed by atoms with Crippen LogP contribution >= 0.6 is 11.8 Å². The Morgan fingerprint density at radius 1 is 1.15 bits per heavy atom. The van der Waals surface area contributed by atoms with Gasteiger partial charge in [0, 0.05) is 58.9 Å². The lowest BCUT2D eigenvalue weighted by Crippen LogP contribution is -2.69. The Bertz CT molecular complexity index is 2520. The summed E-state index contributed by atoms with van der Waals surface area (Å²) in [6.07, 6.45) is 3.11. The number of para-hydroxylation sites is 1. The molecule has 0 amide bonds. The number of methoxy groups -OCH3 is 1. The number of piperazine rings is 1. The van der Waals surface area contributed by atoms with Crippen LogP contribution in [0.4, 0.5) is 0 Å². The first-order valence-corrected chi connectivity index (χ1v) is 21.8. The average Bonchev–Trinajstić information content (AvgIpc) is 3.88. The number of carbonyl (C=O) groups is 2. The number of aromatic amines is 1. The Hall–Kier alpha value is -5.14. The van der Waals surface area contributed by atoms with Crippen molar-refractivity contribution < 1.29 is 43.1 Å².